The van der Waals surface area contributed by atoms with Gasteiger partial charge in [-0.1, -0.05) is 15.9 Å². The van der Waals surface area contributed by atoms with Crippen molar-refractivity contribution in [1.82, 2.24) is 0 Å². The summed E-state index contributed by atoms with van der Waals surface area (Å²) in [5.41, 5.74) is 0.627. The molecule has 1 heterocycles. The molecule has 92 valence electrons. The molecule has 0 spiro atoms. The smallest absolute Gasteiger partial charge is 0.195 e. The van der Waals surface area contributed by atoms with Crippen LogP contribution in [0.5, 0.6) is 0 Å². The van der Waals surface area contributed by atoms with Crippen molar-refractivity contribution in [3.05, 3.63) is 20.3 Å². The predicted molar refractivity (Wildman–Crippen MR) is 59.4 cm³/mol. The van der Waals surface area contributed by atoms with Crippen LogP contribution in [0, 0.1) is 6.92 Å². The van der Waals surface area contributed by atoms with Crippen LogP contribution in [0.4, 0.5) is 22.0 Å². The highest BCUT2D eigenvalue weighted by Crippen LogP contribution is 2.51. The number of aryl methyl sites for hydroxylation is 1. The Balaban J connectivity index is 3.07. The van der Waals surface area contributed by atoms with Gasteiger partial charge in [0, 0.05) is 4.88 Å². The third kappa shape index (κ3) is 2.59. The molecule has 0 N–H and O–H groups in total. The lowest BCUT2D eigenvalue weighted by Crippen LogP contribution is -2.39. The summed E-state index contributed by atoms with van der Waals surface area (Å²) in [6.45, 7) is 1.62. The number of hydrogen-bond acceptors (Lipinski definition) is 1. The number of hydrogen-bond donors (Lipinski definition) is 0. The van der Waals surface area contributed by atoms with E-state index in [1.165, 1.54) is 6.07 Å². The Bertz CT molecular complexity index is 365. The fourth-order valence-corrected chi connectivity index (χ4v) is 3.19. The fourth-order valence-electron chi connectivity index (χ4n) is 0.931. The predicted octanol–water partition coefficient (Wildman–Crippen LogP) is 5.45. The van der Waals surface area contributed by atoms with E-state index in [1.807, 2.05) is 0 Å². The molecule has 1 rings (SSSR count). The van der Waals surface area contributed by atoms with Crippen LogP contribution >= 0.6 is 43.2 Å². The van der Waals surface area contributed by atoms with Crippen molar-refractivity contribution in [3.63, 3.8) is 0 Å². The molecule has 0 radical (unpaired) electrons. The minimum atomic E-state index is -5.56. The molecule has 0 saturated heterocycles. The average molecular weight is 388 g/mol. The van der Waals surface area contributed by atoms with Crippen LogP contribution in [0.15, 0.2) is 9.85 Å². The molecule has 1 unspecified atom stereocenters. The van der Waals surface area contributed by atoms with Crippen molar-refractivity contribution in [2.45, 2.75) is 23.8 Å². The molecule has 1 aromatic heterocycles. The molecule has 0 aliphatic heterocycles. The molecule has 8 heteroatoms. The molecule has 0 aliphatic carbocycles. The zero-order chi connectivity index (χ0) is 12.7. The Morgan fingerprint density at radius 2 is 1.75 bits per heavy atom. The maximum atomic E-state index is 13.0. The third-order valence-corrected chi connectivity index (χ3v) is 5.40. The summed E-state index contributed by atoms with van der Waals surface area (Å²) in [6, 6.07) is 1.30. The Kier molecular flexibility index (Phi) is 4.07. The Morgan fingerprint density at radius 3 is 2.06 bits per heavy atom. The molecule has 1 aromatic rings. The normalized spacial score (nSPS) is 15.2. The van der Waals surface area contributed by atoms with Gasteiger partial charge in [0.1, 0.15) is 4.83 Å². The number of alkyl halides is 6. The first kappa shape index (κ1) is 14.4. The maximum Gasteiger partial charge on any atom is 0.454 e. The highest BCUT2D eigenvalue weighted by atomic mass is 79.9. The van der Waals surface area contributed by atoms with Gasteiger partial charge in [-0.15, -0.1) is 11.3 Å². The summed E-state index contributed by atoms with van der Waals surface area (Å²) < 4.78 is 62.8. The van der Waals surface area contributed by atoms with E-state index in [0.29, 0.717) is 9.35 Å². The molecule has 1 atom stereocenters. The molecule has 0 amide bonds. The van der Waals surface area contributed by atoms with Crippen molar-refractivity contribution in [1.29, 1.82) is 0 Å². The molecular weight excluding hydrogens is 383 g/mol. The summed E-state index contributed by atoms with van der Waals surface area (Å²) >= 11 is 6.34. The van der Waals surface area contributed by atoms with Crippen LogP contribution in [-0.2, 0) is 0 Å². The molecular formula is C8H5Br2F5S. The van der Waals surface area contributed by atoms with Crippen molar-refractivity contribution in [3.8, 4) is 0 Å². The Hall–Kier alpha value is 0.310. The van der Waals surface area contributed by atoms with Gasteiger partial charge in [-0.05, 0) is 34.5 Å². The first-order chi connectivity index (χ1) is 7.07. The molecule has 0 aromatic carbocycles. The van der Waals surface area contributed by atoms with Crippen LogP contribution in [0.3, 0.4) is 0 Å². The van der Waals surface area contributed by atoms with Crippen molar-refractivity contribution in [2.75, 3.05) is 0 Å². The molecule has 0 aliphatic rings. The van der Waals surface area contributed by atoms with Crippen molar-refractivity contribution >= 4 is 43.2 Å². The first-order valence-corrected chi connectivity index (χ1v) is 6.44. The molecule has 0 nitrogen and oxygen atoms in total. The lowest BCUT2D eigenvalue weighted by molar-refractivity contribution is -0.281. The summed E-state index contributed by atoms with van der Waals surface area (Å²) in [5, 5.41) is 0. The highest BCUT2D eigenvalue weighted by molar-refractivity contribution is 9.11. The van der Waals surface area contributed by atoms with E-state index in [4.69, 9.17) is 0 Å². The maximum absolute atomic E-state index is 13.0. The van der Waals surface area contributed by atoms with E-state index in [-0.39, 0.29) is 4.88 Å². The lowest BCUT2D eigenvalue weighted by Gasteiger charge is -2.23. The van der Waals surface area contributed by atoms with Gasteiger partial charge in [-0.2, -0.15) is 22.0 Å². The van der Waals surface area contributed by atoms with Crippen molar-refractivity contribution in [2.24, 2.45) is 0 Å². The zero-order valence-electron chi connectivity index (χ0n) is 7.71. The monoisotopic (exact) mass is 386 g/mol. The average Bonchev–Trinajstić information content (AvgIpc) is 2.43. The van der Waals surface area contributed by atoms with Crippen LogP contribution in [0.2, 0.25) is 0 Å². The SMILES string of the molecule is Cc1cc(C(Br)C(F)(F)C(F)(F)F)sc1Br. The van der Waals surface area contributed by atoms with Crippen molar-refractivity contribution < 1.29 is 22.0 Å². The Morgan fingerprint density at radius 1 is 1.25 bits per heavy atom. The third-order valence-electron chi connectivity index (χ3n) is 1.82. The Labute approximate surface area is 109 Å². The van der Waals surface area contributed by atoms with Gasteiger partial charge in [0.2, 0.25) is 0 Å². The van der Waals surface area contributed by atoms with E-state index in [9.17, 15) is 22.0 Å². The van der Waals surface area contributed by atoms with E-state index >= 15 is 0 Å². The number of thiophene rings is 1. The lowest BCUT2D eigenvalue weighted by atomic mass is 10.2. The molecule has 0 saturated carbocycles. The first-order valence-electron chi connectivity index (χ1n) is 3.92. The largest absolute Gasteiger partial charge is 0.454 e. The number of rotatable bonds is 2. The van der Waals surface area contributed by atoms with E-state index in [2.05, 4.69) is 31.9 Å². The van der Waals surface area contributed by atoms with E-state index in [1.54, 1.807) is 6.92 Å². The standard InChI is InChI=1S/C8H5Br2F5S/c1-3-2-4(16-6(3)10)5(9)7(11,12)8(13,14)15/h2,5H,1H3. The zero-order valence-corrected chi connectivity index (χ0v) is 11.7. The quantitative estimate of drug-likeness (QED) is 0.467. The van der Waals surface area contributed by atoms with Crippen LogP contribution in [0.1, 0.15) is 15.3 Å². The van der Waals surface area contributed by atoms with Crippen LogP contribution < -0.4 is 0 Å². The van der Waals surface area contributed by atoms with Gasteiger partial charge >= 0.3 is 12.1 Å². The highest BCUT2D eigenvalue weighted by Gasteiger charge is 2.62. The second kappa shape index (κ2) is 4.53. The topological polar surface area (TPSA) is 0 Å². The fraction of sp³-hybridized carbons (Fsp3) is 0.500. The van der Waals surface area contributed by atoms with Gasteiger partial charge in [-0.25, -0.2) is 0 Å². The van der Waals surface area contributed by atoms with E-state index < -0.39 is 16.9 Å². The summed E-state index contributed by atoms with van der Waals surface area (Å²) in [5.74, 6) is -4.79. The molecule has 16 heavy (non-hydrogen) atoms. The summed E-state index contributed by atoms with van der Waals surface area (Å²) in [6.07, 6.45) is -5.56. The molecule has 0 bridgehead atoms. The van der Waals surface area contributed by atoms with Gasteiger partial charge < -0.3 is 0 Å². The number of halogens is 7. The minimum absolute atomic E-state index is 0.0632. The van der Waals surface area contributed by atoms with Gasteiger partial charge in [-0.3, -0.25) is 0 Å². The van der Waals surface area contributed by atoms with Crippen LogP contribution in [0.25, 0.3) is 0 Å². The summed E-state index contributed by atoms with van der Waals surface area (Å²) in [4.78, 5) is -2.12. The van der Waals surface area contributed by atoms with Gasteiger partial charge in [0.25, 0.3) is 0 Å². The second-order valence-electron chi connectivity index (χ2n) is 3.09. The van der Waals surface area contributed by atoms with Crippen LogP contribution in [-0.4, -0.2) is 12.1 Å². The second-order valence-corrected chi connectivity index (χ2v) is 6.41. The van der Waals surface area contributed by atoms with Gasteiger partial charge in [0.05, 0.1) is 3.79 Å². The molecule has 0 fully saturated rings. The van der Waals surface area contributed by atoms with E-state index in [0.717, 1.165) is 11.3 Å². The minimum Gasteiger partial charge on any atom is -0.195 e. The van der Waals surface area contributed by atoms with Gasteiger partial charge in [0.15, 0.2) is 0 Å². The summed E-state index contributed by atoms with van der Waals surface area (Å²) in [7, 11) is 0.